The fraction of sp³-hybridized carbons (Fsp3) is 0.500. The maximum Gasteiger partial charge on any atom is 0.0384 e. The third kappa shape index (κ3) is 2.87. The average Bonchev–Trinajstić information content (AvgIpc) is 2.71. The van der Waals surface area contributed by atoms with Crippen molar-refractivity contribution in [3.63, 3.8) is 0 Å². The van der Waals surface area contributed by atoms with Gasteiger partial charge in [-0.05, 0) is 50.5 Å². The molecule has 0 bridgehead atoms. The molecule has 1 atom stereocenters. The molecule has 0 aromatic heterocycles. The zero-order valence-corrected chi connectivity index (χ0v) is 11.9. The summed E-state index contributed by atoms with van der Waals surface area (Å²) in [6.07, 6.45) is 4.47. The Bertz CT molecular complexity index is 446. The molecule has 2 heteroatoms. The van der Waals surface area contributed by atoms with Crippen LogP contribution in [0.2, 0.25) is 0 Å². The van der Waals surface area contributed by atoms with Gasteiger partial charge in [0, 0.05) is 29.9 Å². The molecule has 2 nitrogen and oxygen atoms in total. The molecule has 0 saturated carbocycles. The molecule has 0 amide bonds. The van der Waals surface area contributed by atoms with Crippen LogP contribution in [0.1, 0.15) is 45.2 Å². The second-order valence-electron chi connectivity index (χ2n) is 5.47. The lowest BCUT2D eigenvalue weighted by molar-refractivity contribution is 0.591. The van der Waals surface area contributed by atoms with Gasteiger partial charge in [0.2, 0.25) is 0 Å². The molecule has 0 heterocycles. The Labute approximate surface area is 110 Å². The first-order valence-electron chi connectivity index (χ1n) is 6.95. The summed E-state index contributed by atoms with van der Waals surface area (Å²) in [5.74, 6) is 0. The fourth-order valence-corrected chi connectivity index (χ4v) is 2.32. The van der Waals surface area contributed by atoms with Crippen LogP contribution >= 0.6 is 0 Å². The summed E-state index contributed by atoms with van der Waals surface area (Å²) in [5.41, 5.74) is 5.40. The maximum absolute atomic E-state index is 3.59. The molecule has 0 saturated heterocycles. The molecular weight excluding hydrogens is 220 g/mol. The van der Waals surface area contributed by atoms with E-state index in [2.05, 4.69) is 62.6 Å². The van der Waals surface area contributed by atoms with Crippen molar-refractivity contribution in [1.82, 2.24) is 5.32 Å². The van der Waals surface area contributed by atoms with Crippen molar-refractivity contribution in [3.05, 3.63) is 35.0 Å². The first-order valence-corrected chi connectivity index (χ1v) is 6.95. The number of hydrogen-bond acceptors (Lipinski definition) is 2. The lowest BCUT2D eigenvalue weighted by atomic mass is 10.1. The fourth-order valence-electron chi connectivity index (χ4n) is 2.32. The van der Waals surface area contributed by atoms with E-state index in [1.807, 2.05) is 0 Å². The molecule has 1 aromatic rings. The van der Waals surface area contributed by atoms with Crippen molar-refractivity contribution in [1.29, 1.82) is 0 Å². The van der Waals surface area contributed by atoms with Crippen molar-refractivity contribution in [2.24, 2.45) is 0 Å². The average molecular weight is 244 g/mol. The van der Waals surface area contributed by atoms with E-state index in [1.54, 1.807) is 0 Å². The van der Waals surface area contributed by atoms with Gasteiger partial charge in [0.25, 0.3) is 0 Å². The smallest absolute Gasteiger partial charge is 0.0384 e. The van der Waals surface area contributed by atoms with Crippen LogP contribution in [-0.2, 0) is 6.42 Å². The molecule has 0 aliphatic heterocycles. The monoisotopic (exact) mass is 244 g/mol. The van der Waals surface area contributed by atoms with Crippen LogP contribution in [0.25, 0.3) is 6.08 Å². The second-order valence-corrected chi connectivity index (χ2v) is 5.47. The molecule has 1 aliphatic carbocycles. The highest BCUT2D eigenvalue weighted by molar-refractivity contribution is 5.71. The predicted molar refractivity (Wildman–Crippen MR) is 79.8 cm³/mol. The van der Waals surface area contributed by atoms with Crippen LogP contribution in [0.4, 0.5) is 5.69 Å². The van der Waals surface area contributed by atoms with Crippen LogP contribution in [0.3, 0.4) is 0 Å². The second kappa shape index (κ2) is 5.47. The number of nitrogens with one attached hydrogen (secondary N) is 2. The summed E-state index contributed by atoms with van der Waals surface area (Å²) in [6.45, 7) is 8.81. The van der Waals surface area contributed by atoms with Gasteiger partial charge in [-0.2, -0.15) is 0 Å². The number of benzene rings is 1. The van der Waals surface area contributed by atoms with Crippen LogP contribution in [0.5, 0.6) is 0 Å². The summed E-state index contributed by atoms with van der Waals surface area (Å²) < 4.78 is 0. The molecular formula is C16H24N2. The molecule has 0 spiro atoms. The van der Waals surface area contributed by atoms with Gasteiger partial charge in [-0.15, -0.1) is 0 Å². The van der Waals surface area contributed by atoms with E-state index in [4.69, 9.17) is 0 Å². The SMILES string of the molecule is CCC(C)NC1=Cc2cccc(NC(C)C)c2C1. The minimum Gasteiger partial charge on any atom is -0.386 e. The first kappa shape index (κ1) is 13.0. The predicted octanol–water partition coefficient (Wildman–Crippen LogP) is 3.79. The van der Waals surface area contributed by atoms with Crippen LogP contribution < -0.4 is 10.6 Å². The lowest BCUT2D eigenvalue weighted by Crippen LogP contribution is -2.24. The number of rotatable bonds is 5. The molecule has 1 aromatic carbocycles. The van der Waals surface area contributed by atoms with Gasteiger partial charge in [0.1, 0.15) is 0 Å². The van der Waals surface area contributed by atoms with E-state index in [-0.39, 0.29) is 0 Å². The van der Waals surface area contributed by atoms with Gasteiger partial charge in [-0.1, -0.05) is 19.1 Å². The zero-order valence-electron chi connectivity index (χ0n) is 11.9. The third-order valence-corrected chi connectivity index (χ3v) is 3.40. The largest absolute Gasteiger partial charge is 0.386 e. The van der Waals surface area contributed by atoms with Gasteiger partial charge in [0.05, 0.1) is 0 Å². The standard InChI is InChI=1S/C16H24N2/c1-5-12(4)18-14-9-13-7-6-8-16(15(13)10-14)17-11(2)3/h6-9,11-12,17-18H,5,10H2,1-4H3. The molecule has 1 unspecified atom stereocenters. The summed E-state index contributed by atoms with van der Waals surface area (Å²) in [4.78, 5) is 0. The van der Waals surface area contributed by atoms with E-state index >= 15 is 0 Å². The van der Waals surface area contributed by atoms with Crippen molar-refractivity contribution < 1.29 is 0 Å². The van der Waals surface area contributed by atoms with Gasteiger partial charge in [-0.3, -0.25) is 0 Å². The summed E-state index contributed by atoms with van der Waals surface area (Å²) >= 11 is 0. The van der Waals surface area contributed by atoms with Crippen LogP contribution in [0, 0.1) is 0 Å². The molecule has 98 valence electrons. The highest BCUT2D eigenvalue weighted by atomic mass is 14.9. The Morgan fingerprint density at radius 1 is 1.17 bits per heavy atom. The van der Waals surface area contributed by atoms with E-state index in [1.165, 1.54) is 22.5 Å². The zero-order chi connectivity index (χ0) is 13.1. The summed E-state index contributed by atoms with van der Waals surface area (Å²) in [7, 11) is 0. The molecule has 0 radical (unpaired) electrons. The number of hydrogen-bond donors (Lipinski definition) is 2. The van der Waals surface area contributed by atoms with Gasteiger partial charge in [0.15, 0.2) is 0 Å². The minimum absolute atomic E-state index is 0.475. The summed E-state index contributed by atoms with van der Waals surface area (Å²) in [5, 5.41) is 7.12. The Morgan fingerprint density at radius 2 is 1.94 bits per heavy atom. The highest BCUT2D eigenvalue weighted by Gasteiger charge is 2.17. The maximum atomic E-state index is 3.59. The Kier molecular flexibility index (Phi) is 3.95. The van der Waals surface area contributed by atoms with Crippen molar-refractivity contribution >= 4 is 11.8 Å². The normalized spacial score (nSPS) is 15.3. The topological polar surface area (TPSA) is 24.1 Å². The quantitative estimate of drug-likeness (QED) is 0.823. The third-order valence-electron chi connectivity index (χ3n) is 3.40. The molecule has 2 rings (SSSR count). The number of fused-ring (bicyclic) bond motifs is 1. The summed E-state index contributed by atoms with van der Waals surface area (Å²) in [6, 6.07) is 7.53. The minimum atomic E-state index is 0.475. The number of allylic oxidation sites excluding steroid dienone is 1. The van der Waals surface area contributed by atoms with Gasteiger partial charge < -0.3 is 10.6 Å². The Balaban J connectivity index is 2.14. The van der Waals surface area contributed by atoms with Crippen LogP contribution in [-0.4, -0.2) is 12.1 Å². The highest BCUT2D eigenvalue weighted by Crippen LogP contribution is 2.30. The van der Waals surface area contributed by atoms with Gasteiger partial charge in [-0.25, -0.2) is 0 Å². The van der Waals surface area contributed by atoms with Gasteiger partial charge >= 0.3 is 0 Å². The molecule has 18 heavy (non-hydrogen) atoms. The lowest BCUT2D eigenvalue weighted by Gasteiger charge is -2.16. The van der Waals surface area contributed by atoms with Crippen molar-refractivity contribution in [2.75, 3.05) is 5.32 Å². The Morgan fingerprint density at radius 3 is 2.61 bits per heavy atom. The number of anilines is 1. The van der Waals surface area contributed by atoms with Crippen LogP contribution in [0.15, 0.2) is 23.9 Å². The molecule has 2 N–H and O–H groups in total. The first-order chi connectivity index (χ1) is 8.60. The molecule has 1 aliphatic rings. The molecule has 0 fully saturated rings. The van der Waals surface area contributed by atoms with E-state index in [0.717, 1.165) is 12.8 Å². The van der Waals surface area contributed by atoms with E-state index in [0.29, 0.717) is 12.1 Å². The van der Waals surface area contributed by atoms with E-state index in [9.17, 15) is 0 Å². The van der Waals surface area contributed by atoms with Crippen molar-refractivity contribution in [2.45, 2.75) is 52.6 Å². The van der Waals surface area contributed by atoms with E-state index < -0.39 is 0 Å². The Hall–Kier alpha value is -1.44. The van der Waals surface area contributed by atoms with Crippen molar-refractivity contribution in [3.8, 4) is 0 Å².